The summed E-state index contributed by atoms with van der Waals surface area (Å²) in [6.45, 7) is 5.25. The number of hydrogen-bond acceptors (Lipinski definition) is 4. The standard InChI is InChI=1S/C17H19N3O/c1-14(21)16-8-5-9-18-17(16)20-12-10-19(11-13-20)15-6-3-2-4-7-15/h2-9H,10-13H2,1H3. The molecule has 0 amide bonds. The van der Waals surface area contributed by atoms with E-state index in [1.807, 2.05) is 18.2 Å². The maximum absolute atomic E-state index is 11.7. The lowest BCUT2D eigenvalue weighted by molar-refractivity contribution is 0.101. The Morgan fingerprint density at radius 2 is 1.62 bits per heavy atom. The van der Waals surface area contributed by atoms with Crippen molar-refractivity contribution < 1.29 is 4.79 Å². The molecule has 0 unspecified atom stereocenters. The van der Waals surface area contributed by atoms with Crippen LogP contribution in [0.2, 0.25) is 0 Å². The molecule has 0 spiro atoms. The Bertz CT molecular complexity index is 619. The van der Waals surface area contributed by atoms with Crippen LogP contribution in [-0.4, -0.2) is 36.9 Å². The molecular formula is C17H19N3O. The lowest BCUT2D eigenvalue weighted by Crippen LogP contribution is -2.47. The van der Waals surface area contributed by atoms with Crippen LogP contribution in [0.1, 0.15) is 17.3 Å². The van der Waals surface area contributed by atoms with Crippen LogP contribution in [0.25, 0.3) is 0 Å². The van der Waals surface area contributed by atoms with Gasteiger partial charge in [0.05, 0.1) is 5.56 Å². The number of carbonyl (C=O) groups is 1. The van der Waals surface area contributed by atoms with Gasteiger partial charge >= 0.3 is 0 Å². The van der Waals surface area contributed by atoms with E-state index in [-0.39, 0.29) is 5.78 Å². The largest absolute Gasteiger partial charge is 0.368 e. The molecule has 21 heavy (non-hydrogen) atoms. The third-order valence-corrected chi connectivity index (χ3v) is 3.87. The summed E-state index contributed by atoms with van der Waals surface area (Å²) in [7, 11) is 0. The number of carbonyl (C=O) groups excluding carboxylic acids is 1. The van der Waals surface area contributed by atoms with Crippen molar-refractivity contribution in [1.82, 2.24) is 4.98 Å². The molecule has 0 aliphatic carbocycles. The number of Topliss-reactive ketones (excluding diaryl/α,β-unsaturated/α-hetero) is 1. The Hall–Kier alpha value is -2.36. The average Bonchev–Trinajstić information content (AvgIpc) is 2.56. The van der Waals surface area contributed by atoms with Gasteiger partial charge in [0, 0.05) is 38.1 Å². The number of para-hydroxylation sites is 1. The molecule has 0 radical (unpaired) electrons. The fraction of sp³-hybridized carbons (Fsp3) is 0.294. The van der Waals surface area contributed by atoms with Crippen LogP contribution in [0, 0.1) is 0 Å². The molecule has 3 rings (SSSR count). The van der Waals surface area contributed by atoms with Crippen molar-refractivity contribution in [2.45, 2.75) is 6.92 Å². The minimum atomic E-state index is 0.0728. The van der Waals surface area contributed by atoms with Crippen molar-refractivity contribution in [3.63, 3.8) is 0 Å². The molecular weight excluding hydrogens is 262 g/mol. The van der Waals surface area contributed by atoms with Crippen molar-refractivity contribution in [3.8, 4) is 0 Å². The summed E-state index contributed by atoms with van der Waals surface area (Å²) in [5.74, 6) is 0.890. The van der Waals surface area contributed by atoms with Gasteiger partial charge in [0.2, 0.25) is 0 Å². The number of aromatic nitrogens is 1. The van der Waals surface area contributed by atoms with Gasteiger partial charge < -0.3 is 9.80 Å². The zero-order valence-corrected chi connectivity index (χ0v) is 12.2. The minimum absolute atomic E-state index is 0.0728. The number of ketones is 1. The van der Waals surface area contributed by atoms with Crippen molar-refractivity contribution in [1.29, 1.82) is 0 Å². The molecule has 2 aromatic rings. The Morgan fingerprint density at radius 1 is 0.952 bits per heavy atom. The number of rotatable bonds is 3. The summed E-state index contributed by atoms with van der Waals surface area (Å²) in [6.07, 6.45) is 1.76. The molecule has 0 bridgehead atoms. The Morgan fingerprint density at radius 3 is 2.29 bits per heavy atom. The van der Waals surface area contributed by atoms with Gasteiger partial charge in [-0.05, 0) is 31.2 Å². The number of hydrogen-bond donors (Lipinski definition) is 0. The SMILES string of the molecule is CC(=O)c1cccnc1N1CCN(c2ccccc2)CC1. The Balaban J connectivity index is 1.73. The van der Waals surface area contributed by atoms with Crippen LogP contribution in [0.4, 0.5) is 11.5 Å². The van der Waals surface area contributed by atoms with Crippen molar-refractivity contribution >= 4 is 17.3 Å². The number of piperazine rings is 1. The summed E-state index contributed by atoms with van der Waals surface area (Å²) in [5, 5.41) is 0. The topological polar surface area (TPSA) is 36.4 Å². The fourth-order valence-corrected chi connectivity index (χ4v) is 2.74. The molecule has 4 nitrogen and oxygen atoms in total. The zero-order valence-electron chi connectivity index (χ0n) is 12.2. The Kier molecular flexibility index (Phi) is 3.86. The monoisotopic (exact) mass is 281 g/mol. The van der Waals surface area contributed by atoms with E-state index in [9.17, 15) is 4.79 Å². The van der Waals surface area contributed by atoms with E-state index >= 15 is 0 Å². The molecule has 1 saturated heterocycles. The smallest absolute Gasteiger partial charge is 0.163 e. The van der Waals surface area contributed by atoms with E-state index in [4.69, 9.17) is 0 Å². The highest BCUT2D eigenvalue weighted by Gasteiger charge is 2.21. The number of pyridine rings is 1. The zero-order chi connectivity index (χ0) is 14.7. The summed E-state index contributed by atoms with van der Waals surface area (Å²) in [6, 6.07) is 14.1. The molecule has 0 saturated carbocycles. The third kappa shape index (κ3) is 2.89. The van der Waals surface area contributed by atoms with Gasteiger partial charge in [0.15, 0.2) is 5.78 Å². The first-order valence-corrected chi connectivity index (χ1v) is 7.26. The fourth-order valence-electron chi connectivity index (χ4n) is 2.74. The van der Waals surface area contributed by atoms with E-state index in [0.717, 1.165) is 32.0 Å². The highest BCUT2D eigenvalue weighted by molar-refractivity contribution is 5.98. The maximum atomic E-state index is 11.7. The average molecular weight is 281 g/mol. The molecule has 1 aromatic carbocycles. The van der Waals surface area contributed by atoms with E-state index in [0.29, 0.717) is 5.56 Å². The van der Waals surface area contributed by atoms with Crippen LogP contribution in [0.15, 0.2) is 48.7 Å². The molecule has 0 atom stereocenters. The van der Waals surface area contributed by atoms with Crippen LogP contribution in [0.3, 0.4) is 0 Å². The van der Waals surface area contributed by atoms with Crippen LogP contribution < -0.4 is 9.80 Å². The molecule has 2 heterocycles. The van der Waals surface area contributed by atoms with Crippen LogP contribution in [-0.2, 0) is 0 Å². The molecule has 4 heteroatoms. The molecule has 108 valence electrons. The third-order valence-electron chi connectivity index (χ3n) is 3.87. The van der Waals surface area contributed by atoms with E-state index in [1.54, 1.807) is 13.1 Å². The first-order chi connectivity index (χ1) is 10.3. The maximum Gasteiger partial charge on any atom is 0.163 e. The van der Waals surface area contributed by atoms with Gasteiger partial charge in [-0.25, -0.2) is 4.98 Å². The number of anilines is 2. The lowest BCUT2D eigenvalue weighted by Gasteiger charge is -2.37. The summed E-state index contributed by atoms with van der Waals surface area (Å²) in [4.78, 5) is 20.7. The number of nitrogens with zero attached hydrogens (tertiary/aromatic N) is 3. The van der Waals surface area contributed by atoms with Gasteiger partial charge in [-0.15, -0.1) is 0 Å². The summed E-state index contributed by atoms with van der Waals surface area (Å²) >= 11 is 0. The van der Waals surface area contributed by atoms with E-state index in [1.165, 1.54) is 5.69 Å². The summed E-state index contributed by atoms with van der Waals surface area (Å²) < 4.78 is 0. The second-order valence-electron chi connectivity index (χ2n) is 5.24. The molecule has 1 fully saturated rings. The van der Waals surface area contributed by atoms with E-state index < -0.39 is 0 Å². The predicted octanol–water partition coefficient (Wildman–Crippen LogP) is 2.61. The van der Waals surface area contributed by atoms with E-state index in [2.05, 4.69) is 39.0 Å². The highest BCUT2D eigenvalue weighted by Crippen LogP contribution is 2.21. The molecule has 1 aromatic heterocycles. The first kappa shape index (κ1) is 13.6. The first-order valence-electron chi connectivity index (χ1n) is 7.26. The van der Waals surface area contributed by atoms with Crippen molar-refractivity contribution in [2.24, 2.45) is 0 Å². The van der Waals surface area contributed by atoms with Gasteiger partial charge in [0.1, 0.15) is 5.82 Å². The van der Waals surface area contributed by atoms with Crippen LogP contribution >= 0.6 is 0 Å². The molecule has 0 N–H and O–H groups in total. The van der Waals surface area contributed by atoms with Crippen molar-refractivity contribution in [2.75, 3.05) is 36.0 Å². The Labute approximate surface area is 125 Å². The second-order valence-corrected chi connectivity index (χ2v) is 5.24. The second kappa shape index (κ2) is 5.95. The van der Waals surface area contributed by atoms with Gasteiger partial charge in [-0.3, -0.25) is 4.79 Å². The normalized spacial score (nSPS) is 15.1. The number of benzene rings is 1. The minimum Gasteiger partial charge on any atom is -0.368 e. The lowest BCUT2D eigenvalue weighted by atomic mass is 10.1. The van der Waals surface area contributed by atoms with Crippen molar-refractivity contribution in [3.05, 3.63) is 54.2 Å². The highest BCUT2D eigenvalue weighted by atomic mass is 16.1. The van der Waals surface area contributed by atoms with Crippen LogP contribution in [0.5, 0.6) is 0 Å². The quantitative estimate of drug-likeness (QED) is 0.810. The van der Waals surface area contributed by atoms with Gasteiger partial charge in [-0.1, -0.05) is 18.2 Å². The molecule has 1 aliphatic rings. The predicted molar refractivity (Wildman–Crippen MR) is 85.1 cm³/mol. The molecule has 1 aliphatic heterocycles. The van der Waals surface area contributed by atoms with Gasteiger partial charge in [0.25, 0.3) is 0 Å². The summed E-state index contributed by atoms with van der Waals surface area (Å²) in [5.41, 5.74) is 1.97. The van der Waals surface area contributed by atoms with Gasteiger partial charge in [-0.2, -0.15) is 0 Å².